The molecule has 0 spiro atoms. The summed E-state index contributed by atoms with van der Waals surface area (Å²) in [5.74, 6) is -0.121. The van der Waals surface area contributed by atoms with E-state index < -0.39 is 10.8 Å². The van der Waals surface area contributed by atoms with E-state index in [1.807, 2.05) is 19.1 Å². The molecule has 2 aromatic heterocycles. The lowest BCUT2D eigenvalue weighted by atomic mass is 10.1. The van der Waals surface area contributed by atoms with Crippen molar-refractivity contribution in [3.05, 3.63) is 81.5 Å². The van der Waals surface area contributed by atoms with E-state index in [-0.39, 0.29) is 21.9 Å². The predicted molar refractivity (Wildman–Crippen MR) is 123 cm³/mol. The third-order valence-electron chi connectivity index (χ3n) is 4.95. The molecule has 0 aliphatic rings. The third kappa shape index (κ3) is 4.03. The van der Waals surface area contributed by atoms with Crippen LogP contribution < -0.4 is 10.6 Å². The van der Waals surface area contributed by atoms with Crippen molar-refractivity contribution in [2.45, 2.75) is 13.8 Å². The Kier molecular flexibility index (Phi) is 5.61. The summed E-state index contributed by atoms with van der Waals surface area (Å²) in [5.41, 5.74) is 3.60. The predicted octanol–water partition coefficient (Wildman–Crippen LogP) is 4.54. The van der Waals surface area contributed by atoms with E-state index in [9.17, 15) is 14.9 Å². The monoisotopic (exact) mass is 447 g/mol. The standard InChI is InChI=1S/C22H17N5O4S/c1-12-15(21-25-19-18(31-21)10-5-11-23-19)7-3-8-16(12)24-22(32)26-20(28)14-6-4-9-17(13(14)2)27(29)30/h3-11H,1-2H3,(H2,24,26,28,32). The highest BCUT2D eigenvalue weighted by atomic mass is 32.1. The molecular weight excluding hydrogens is 430 g/mol. The van der Waals surface area contributed by atoms with Crippen molar-refractivity contribution in [2.24, 2.45) is 0 Å². The van der Waals surface area contributed by atoms with Gasteiger partial charge >= 0.3 is 0 Å². The van der Waals surface area contributed by atoms with E-state index in [4.69, 9.17) is 16.6 Å². The van der Waals surface area contributed by atoms with Crippen LogP contribution in [0.3, 0.4) is 0 Å². The lowest BCUT2D eigenvalue weighted by Crippen LogP contribution is -2.34. The number of benzene rings is 2. The Morgan fingerprint density at radius 2 is 1.88 bits per heavy atom. The van der Waals surface area contributed by atoms with Crippen molar-refractivity contribution < 1.29 is 14.1 Å². The van der Waals surface area contributed by atoms with Crippen molar-refractivity contribution in [2.75, 3.05) is 5.32 Å². The van der Waals surface area contributed by atoms with Gasteiger partial charge in [-0.05, 0) is 62.0 Å². The van der Waals surface area contributed by atoms with Gasteiger partial charge in [0.15, 0.2) is 16.3 Å². The quantitative estimate of drug-likeness (QED) is 0.265. The molecule has 32 heavy (non-hydrogen) atoms. The highest BCUT2D eigenvalue weighted by Crippen LogP contribution is 2.30. The van der Waals surface area contributed by atoms with Gasteiger partial charge in [-0.3, -0.25) is 20.2 Å². The maximum Gasteiger partial charge on any atom is 0.273 e. The molecule has 0 radical (unpaired) electrons. The maximum absolute atomic E-state index is 12.6. The molecule has 4 rings (SSSR count). The molecule has 10 heteroatoms. The fourth-order valence-electron chi connectivity index (χ4n) is 3.28. The van der Waals surface area contributed by atoms with Gasteiger partial charge in [-0.1, -0.05) is 12.1 Å². The Labute approximate surface area is 187 Å². The molecule has 9 nitrogen and oxygen atoms in total. The summed E-state index contributed by atoms with van der Waals surface area (Å²) in [7, 11) is 0. The number of hydrogen-bond acceptors (Lipinski definition) is 7. The Morgan fingerprint density at radius 3 is 2.62 bits per heavy atom. The average molecular weight is 447 g/mol. The summed E-state index contributed by atoms with van der Waals surface area (Å²) in [6, 6.07) is 13.3. The molecule has 4 aromatic rings. The number of nitrogens with zero attached hydrogens (tertiary/aromatic N) is 3. The van der Waals surface area contributed by atoms with Crippen LogP contribution in [0.1, 0.15) is 21.5 Å². The Morgan fingerprint density at radius 1 is 1.09 bits per heavy atom. The number of thiocarbonyl (C=S) groups is 1. The zero-order valence-corrected chi connectivity index (χ0v) is 17.9. The molecule has 0 aliphatic heterocycles. The van der Waals surface area contributed by atoms with E-state index in [0.717, 1.165) is 11.1 Å². The van der Waals surface area contributed by atoms with Gasteiger partial charge in [0, 0.05) is 34.6 Å². The number of nitro benzene ring substituents is 1. The molecule has 2 aromatic carbocycles. The fourth-order valence-corrected chi connectivity index (χ4v) is 3.48. The Hall–Kier alpha value is -4.18. The first kappa shape index (κ1) is 21.1. The van der Waals surface area contributed by atoms with Crippen LogP contribution in [0.2, 0.25) is 0 Å². The molecule has 0 atom stereocenters. The largest absolute Gasteiger partial charge is 0.434 e. The van der Waals surface area contributed by atoms with Crippen molar-refractivity contribution >= 4 is 45.8 Å². The number of nitrogens with one attached hydrogen (secondary N) is 2. The zero-order valence-electron chi connectivity index (χ0n) is 17.1. The molecule has 2 N–H and O–H groups in total. The van der Waals surface area contributed by atoms with Crippen LogP contribution >= 0.6 is 12.2 Å². The number of oxazole rings is 1. The smallest absolute Gasteiger partial charge is 0.273 e. The topological polar surface area (TPSA) is 123 Å². The van der Waals surface area contributed by atoms with Gasteiger partial charge in [0.1, 0.15) is 0 Å². The van der Waals surface area contributed by atoms with Gasteiger partial charge in [-0.15, -0.1) is 0 Å². The summed E-state index contributed by atoms with van der Waals surface area (Å²) in [4.78, 5) is 31.8. The summed E-state index contributed by atoms with van der Waals surface area (Å²) < 4.78 is 5.80. The van der Waals surface area contributed by atoms with E-state index in [0.29, 0.717) is 22.8 Å². The first-order chi connectivity index (χ1) is 15.3. The average Bonchev–Trinajstić information content (AvgIpc) is 3.19. The van der Waals surface area contributed by atoms with E-state index in [1.165, 1.54) is 25.1 Å². The number of carbonyl (C=O) groups is 1. The van der Waals surface area contributed by atoms with E-state index in [1.54, 1.807) is 24.4 Å². The second-order valence-corrected chi connectivity index (χ2v) is 7.35. The van der Waals surface area contributed by atoms with Crippen molar-refractivity contribution in [1.82, 2.24) is 15.3 Å². The molecule has 0 saturated carbocycles. The Balaban J connectivity index is 1.54. The molecule has 0 fully saturated rings. The fraction of sp³-hybridized carbons (Fsp3) is 0.0909. The number of amides is 1. The lowest BCUT2D eigenvalue weighted by molar-refractivity contribution is -0.385. The molecule has 0 bridgehead atoms. The molecular formula is C22H17N5O4S. The van der Waals surface area contributed by atoms with Crippen LogP contribution in [-0.2, 0) is 0 Å². The number of aromatic nitrogens is 2. The van der Waals surface area contributed by atoms with Crippen LogP contribution in [0.4, 0.5) is 11.4 Å². The van der Waals surface area contributed by atoms with Crippen molar-refractivity contribution in [3.8, 4) is 11.5 Å². The summed E-state index contributed by atoms with van der Waals surface area (Å²) in [6.45, 7) is 3.39. The minimum atomic E-state index is -0.539. The van der Waals surface area contributed by atoms with E-state index in [2.05, 4.69) is 20.6 Å². The number of hydrogen-bond donors (Lipinski definition) is 2. The van der Waals surface area contributed by atoms with E-state index >= 15 is 0 Å². The number of carbonyl (C=O) groups excluding carboxylic acids is 1. The van der Waals surface area contributed by atoms with Gasteiger partial charge in [0.25, 0.3) is 11.6 Å². The molecule has 1 amide bonds. The van der Waals surface area contributed by atoms with Crippen LogP contribution in [0.5, 0.6) is 0 Å². The van der Waals surface area contributed by atoms with Gasteiger partial charge in [0.2, 0.25) is 5.89 Å². The molecule has 0 unspecified atom stereocenters. The number of anilines is 1. The zero-order chi connectivity index (χ0) is 22.8. The van der Waals surface area contributed by atoms with Crippen LogP contribution in [0, 0.1) is 24.0 Å². The molecule has 160 valence electrons. The third-order valence-corrected chi connectivity index (χ3v) is 5.16. The minimum Gasteiger partial charge on any atom is -0.434 e. The SMILES string of the molecule is Cc1c(NC(=S)NC(=O)c2cccc([N+](=O)[O-])c2C)cccc1-c1nc2ncccc2o1. The normalized spacial score (nSPS) is 10.7. The molecule has 0 saturated heterocycles. The highest BCUT2D eigenvalue weighted by molar-refractivity contribution is 7.80. The minimum absolute atomic E-state index is 0.0559. The van der Waals surface area contributed by atoms with Crippen LogP contribution in [0.25, 0.3) is 22.7 Å². The second kappa shape index (κ2) is 8.52. The first-order valence-corrected chi connectivity index (χ1v) is 9.94. The summed E-state index contributed by atoms with van der Waals surface area (Å²) in [5, 5.41) is 16.7. The van der Waals surface area contributed by atoms with Crippen LogP contribution in [-0.4, -0.2) is 25.9 Å². The first-order valence-electron chi connectivity index (χ1n) is 9.53. The highest BCUT2D eigenvalue weighted by Gasteiger charge is 2.19. The van der Waals surface area contributed by atoms with Crippen molar-refractivity contribution in [1.29, 1.82) is 0 Å². The van der Waals surface area contributed by atoms with Crippen molar-refractivity contribution in [3.63, 3.8) is 0 Å². The van der Waals surface area contributed by atoms with Crippen LogP contribution in [0.15, 0.2) is 59.1 Å². The maximum atomic E-state index is 12.6. The lowest BCUT2D eigenvalue weighted by Gasteiger charge is -2.14. The molecule has 2 heterocycles. The number of nitro groups is 1. The summed E-state index contributed by atoms with van der Waals surface area (Å²) >= 11 is 5.29. The number of rotatable bonds is 4. The number of pyridine rings is 1. The molecule has 0 aliphatic carbocycles. The second-order valence-electron chi connectivity index (χ2n) is 6.94. The van der Waals surface area contributed by atoms with Gasteiger partial charge in [-0.2, -0.15) is 4.98 Å². The van der Waals surface area contributed by atoms with Gasteiger partial charge in [-0.25, -0.2) is 4.98 Å². The van der Waals surface area contributed by atoms with Gasteiger partial charge < -0.3 is 9.73 Å². The summed E-state index contributed by atoms with van der Waals surface area (Å²) in [6.07, 6.45) is 1.64. The Bertz CT molecular complexity index is 1350. The number of fused-ring (bicyclic) bond motifs is 1. The van der Waals surface area contributed by atoms with Gasteiger partial charge in [0.05, 0.1) is 4.92 Å².